The molecule has 0 saturated carbocycles. The molecule has 0 bridgehead atoms. The summed E-state index contributed by atoms with van der Waals surface area (Å²) in [6.07, 6.45) is -0.569. The number of para-hydroxylation sites is 1. The van der Waals surface area contributed by atoms with Gasteiger partial charge in [-0.2, -0.15) is 0 Å². The fourth-order valence-corrected chi connectivity index (χ4v) is 2.40. The lowest BCUT2D eigenvalue weighted by Gasteiger charge is -2.21. The van der Waals surface area contributed by atoms with E-state index in [2.05, 4.69) is 5.32 Å². The molecule has 0 heterocycles. The van der Waals surface area contributed by atoms with Gasteiger partial charge in [-0.25, -0.2) is 0 Å². The van der Waals surface area contributed by atoms with Crippen LogP contribution in [-0.4, -0.2) is 49.3 Å². The number of ether oxygens (including phenoxy) is 1. The molecular weight excluding hydrogens is 304 g/mol. The van der Waals surface area contributed by atoms with Gasteiger partial charge in [0, 0.05) is 25.7 Å². The third kappa shape index (κ3) is 5.68. The average molecular weight is 328 g/mol. The van der Waals surface area contributed by atoms with Crippen molar-refractivity contribution in [3.8, 4) is 5.75 Å². The Morgan fingerprint density at radius 2 is 1.83 bits per heavy atom. The molecule has 2 N–H and O–H groups in total. The maximum atomic E-state index is 11.5. The summed E-state index contributed by atoms with van der Waals surface area (Å²) in [5.74, 6) is 0.660. The number of aliphatic hydroxyl groups excluding tert-OH is 1. The van der Waals surface area contributed by atoms with Gasteiger partial charge in [-0.15, -0.1) is 0 Å². The molecule has 0 aliphatic carbocycles. The van der Waals surface area contributed by atoms with E-state index in [4.69, 9.17) is 4.74 Å². The number of likely N-dealkylation sites (N-methyl/N-ethyl adjacent to an activating group) is 1. The third-order valence-electron chi connectivity index (χ3n) is 3.60. The van der Waals surface area contributed by atoms with Crippen molar-refractivity contribution in [2.75, 3.05) is 27.2 Å². The van der Waals surface area contributed by atoms with Crippen LogP contribution in [0.4, 0.5) is 0 Å². The van der Waals surface area contributed by atoms with Crippen molar-refractivity contribution in [1.82, 2.24) is 10.2 Å². The van der Waals surface area contributed by atoms with Gasteiger partial charge in [-0.3, -0.25) is 9.69 Å². The van der Waals surface area contributed by atoms with E-state index in [1.165, 1.54) is 0 Å². The second-order valence-electron chi connectivity index (χ2n) is 5.75. The Morgan fingerprint density at radius 1 is 1.17 bits per heavy atom. The number of hydrogen-bond acceptors (Lipinski definition) is 4. The number of hydrogen-bond donors (Lipinski definition) is 2. The van der Waals surface area contributed by atoms with E-state index >= 15 is 0 Å². The van der Waals surface area contributed by atoms with Gasteiger partial charge >= 0.3 is 0 Å². The van der Waals surface area contributed by atoms with E-state index in [0.29, 0.717) is 18.7 Å². The average Bonchev–Trinajstić information content (AvgIpc) is 2.60. The normalized spacial score (nSPS) is 12.0. The minimum Gasteiger partial charge on any atom is -0.491 e. The molecule has 0 radical (unpaired) electrons. The molecule has 1 unspecified atom stereocenters. The number of aliphatic hydroxyl groups is 1. The number of amides is 1. The van der Waals surface area contributed by atoms with Crippen molar-refractivity contribution >= 4 is 5.91 Å². The first-order valence-corrected chi connectivity index (χ1v) is 7.94. The lowest BCUT2D eigenvalue weighted by Crippen LogP contribution is -2.32. The Kier molecular flexibility index (Phi) is 6.78. The molecule has 0 saturated heterocycles. The van der Waals surface area contributed by atoms with E-state index in [1.807, 2.05) is 54.4 Å². The topological polar surface area (TPSA) is 61.8 Å². The summed E-state index contributed by atoms with van der Waals surface area (Å²) < 4.78 is 5.55. The fourth-order valence-electron chi connectivity index (χ4n) is 2.40. The Hall–Kier alpha value is -2.37. The van der Waals surface area contributed by atoms with Crippen molar-refractivity contribution in [1.29, 1.82) is 0 Å². The van der Waals surface area contributed by atoms with E-state index in [9.17, 15) is 9.90 Å². The first-order valence-electron chi connectivity index (χ1n) is 7.94. The summed E-state index contributed by atoms with van der Waals surface area (Å²) in [4.78, 5) is 13.5. The molecule has 5 nitrogen and oxygen atoms in total. The highest BCUT2D eigenvalue weighted by molar-refractivity contribution is 5.93. The minimum absolute atomic E-state index is 0.0941. The van der Waals surface area contributed by atoms with Crippen LogP contribution < -0.4 is 10.1 Å². The number of benzene rings is 2. The van der Waals surface area contributed by atoms with Gasteiger partial charge in [-0.05, 0) is 36.9 Å². The molecule has 2 aromatic carbocycles. The summed E-state index contributed by atoms with van der Waals surface area (Å²) in [7, 11) is 3.56. The van der Waals surface area contributed by atoms with Gasteiger partial charge in [0.05, 0.1) is 0 Å². The molecule has 1 amide bonds. The van der Waals surface area contributed by atoms with Gasteiger partial charge < -0.3 is 15.2 Å². The van der Waals surface area contributed by atoms with Crippen molar-refractivity contribution in [2.24, 2.45) is 0 Å². The number of nitrogens with one attached hydrogen (secondary N) is 1. The van der Waals surface area contributed by atoms with E-state index in [-0.39, 0.29) is 12.5 Å². The molecule has 0 aliphatic heterocycles. The van der Waals surface area contributed by atoms with Crippen LogP contribution in [-0.2, 0) is 6.54 Å². The lowest BCUT2D eigenvalue weighted by atomic mass is 10.1. The molecule has 128 valence electrons. The first kappa shape index (κ1) is 18.0. The molecule has 1 atom stereocenters. The summed E-state index contributed by atoms with van der Waals surface area (Å²) in [6.45, 7) is 1.45. The maximum absolute atomic E-state index is 11.5. The van der Waals surface area contributed by atoms with Crippen LogP contribution in [0.5, 0.6) is 5.75 Å². The molecule has 0 aromatic heterocycles. The zero-order chi connectivity index (χ0) is 17.4. The van der Waals surface area contributed by atoms with Gasteiger partial charge in [0.1, 0.15) is 18.5 Å². The van der Waals surface area contributed by atoms with Gasteiger partial charge in [0.15, 0.2) is 0 Å². The Balaban J connectivity index is 1.77. The van der Waals surface area contributed by atoms with E-state index in [1.54, 1.807) is 19.2 Å². The van der Waals surface area contributed by atoms with Crippen LogP contribution in [0.25, 0.3) is 0 Å². The second-order valence-corrected chi connectivity index (χ2v) is 5.75. The SMILES string of the molecule is CNC(=O)c1ccc(CN(C)CC(O)COc2ccccc2)cc1. The summed E-state index contributed by atoms with van der Waals surface area (Å²) in [5.41, 5.74) is 1.72. The fraction of sp³-hybridized carbons (Fsp3) is 0.316. The Labute approximate surface area is 142 Å². The molecule has 0 fully saturated rings. The van der Waals surface area contributed by atoms with Crippen LogP contribution in [0.2, 0.25) is 0 Å². The van der Waals surface area contributed by atoms with Crippen LogP contribution >= 0.6 is 0 Å². The zero-order valence-corrected chi connectivity index (χ0v) is 14.1. The maximum Gasteiger partial charge on any atom is 0.251 e. The molecule has 5 heteroatoms. The van der Waals surface area contributed by atoms with Crippen LogP contribution in [0.1, 0.15) is 15.9 Å². The molecule has 0 spiro atoms. The monoisotopic (exact) mass is 328 g/mol. The largest absolute Gasteiger partial charge is 0.491 e. The number of nitrogens with zero attached hydrogens (tertiary/aromatic N) is 1. The predicted octanol–water partition coefficient (Wildman–Crippen LogP) is 1.92. The predicted molar refractivity (Wildman–Crippen MR) is 94.1 cm³/mol. The highest BCUT2D eigenvalue weighted by Crippen LogP contribution is 2.10. The number of carbonyl (C=O) groups is 1. The quantitative estimate of drug-likeness (QED) is 0.777. The lowest BCUT2D eigenvalue weighted by molar-refractivity contribution is 0.0744. The van der Waals surface area contributed by atoms with Gasteiger partial charge in [0.2, 0.25) is 0 Å². The summed E-state index contributed by atoms with van der Waals surface area (Å²) in [6, 6.07) is 16.9. The van der Waals surface area contributed by atoms with E-state index < -0.39 is 6.10 Å². The van der Waals surface area contributed by atoms with Crippen molar-refractivity contribution in [3.63, 3.8) is 0 Å². The highest BCUT2D eigenvalue weighted by Gasteiger charge is 2.10. The smallest absolute Gasteiger partial charge is 0.251 e. The van der Waals surface area contributed by atoms with E-state index in [0.717, 1.165) is 11.3 Å². The van der Waals surface area contributed by atoms with Gasteiger partial charge in [-0.1, -0.05) is 30.3 Å². The third-order valence-corrected chi connectivity index (χ3v) is 3.60. The van der Waals surface area contributed by atoms with Crippen molar-refractivity contribution in [3.05, 3.63) is 65.7 Å². The van der Waals surface area contributed by atoms with Gasteiger partial charge in [0.25, 0.3) is 5.91 Å². The molecule has 2 rings (SSSR count). The zero-order valence-electron chi connectivity index (χ0n) is 14.1. The number of rotatable bonds is 8. The van der Waals surface area contributed by atoms with Crippen LogP contribution in [0.15, 0.2) is 54.6 Å². The highest BCUT2D eigenvalue weighted by atomic mass is 16.5. The summed E-state index contributed by atoms with van der Waals surface area (Å²) in [5, 5.41) is 12.7. The van der Waals surface area contributed by atoms with Crippen molar-refractivity contribution in [2.45, 2.75) is 12.6 Å². The molecular formula is C19H24N2O3. The van der Waals surface area contributed by atoms with Crippen LogP contribution in [0, 0.1) is 0 Å². The molecule has 24 heavy (non-hydrogen) atoms. The Morgan fingerprint density at radius 3 is 2.46 bits per heavy atom. The standard InChI is InChI=1S/C19H24N2O3/c1-20-19(23)16-10-8-15(9-11-16)12-21(2)13-17(22)14-24-18-6-4-3-5-7-18/h3-11,17,22H,12-14H2,1-2H3,(H,20,23). The minimum atomic E-state index is -0.569. The van der Waals surface area contributed by atoms with Crippen LogP contribution in [0.3, 0.4) is 0 Å². The second kappa shape index (κ2) is 9.05. The number of carbonyl (C=O) groups excluding carboxylic acids is 1. The molecule has 0 aliphatic rings. The summed E-state index contributed by atoms with van der Waals surface area (Å²) >= 11 is 0. The van der Waals surface area contributed by atoms with Crippen molar-refractivity contribution < 1.29 is 14.6 Å². The first-order chi connectivity index (χ1) is 11.6. The molecule has 2 aromatic rings. The Bertz CT molecular complexity index is 629.